The van der Waals surface area contributed by atoms with E-state index in [9.17, 15) is 4.39 Å². The number of ether oxygens (including phenoxy) is 1. The molecule has 1 fully saturated rings. The third kappa shape index (κ3) is 6.66. The smallest absolute Gasteiger partial charge is 0.194 e. The van der Waals surface area contributed by atoms with Crippen molar-refractivity contribution in [2.24, 2.45) is 4.99 Å². The maximum atomic E-state index is 13.3. The highest BCUT2D eigenvalue weighted by atomic mass is 127. The summed E-state index contributed by atoms with van der Waals surface area (Å²) in [6, 6.07) is 8.67. The average molecular weight is 529 g/mol. The molecule has 0 amide bonds. The van der Waals surface area contributed by atoms with E-state index in [1.165, 1.54) is 17.8 Å². The normalized spacial score (nSPS) is 19.5. The van der Waals surface area contributed by atoms with Crippen LogP contribution in [0.3, 0.4) is 0 Å². The summed E-state index contributed by atoms with van der Waals surface area (Å²) in [4.78, 5) is 7.09. The standard InChI is InChI=1S/C22H32FN5O.HI/c1-5-24-22(25-11-6-12-28-17(3)13-16(2)26-28)27-14-18(4)29-21(15-27)19-7-9-20(23)10-8-19;/h7-10,13,18,21H,5-6,11-12,14-15H2,1-4H3,(H,24,25);1H. The zero-order chi connectivity index (χ0) is 20.8. The Labute approximate surface area is 195 Å². The number of aliphatic imine (C=N–C) groups is 1. The summed E-state index contributed by atoms with van der Waals surface area (Å²) in [5.74, 6) is 0.676. The van der Waals surface area contributed by atoms with Crippen molar-refractivity contribution < 1.29 is 9.13 Å². The van der Waals surface area contributed by atoms with Gasteiger partial charge in [0.1, 0.15) is 11.9 Å². The number of guanidine groups is 1. The van der Waals surface area contributed by atoms with E-state index >= 15 is 0 Å². The molecule has 1 aromatic carbocycles. The van der Waals surface area contributed by atoms with E-state index in [-0.39, 0.29) is 42.0 Å². The molecule has 1 saturated heterocycles. The summed E-state index contributed by atoms with van der Waals surface area (Å²) in [6.07, 6.45) is 0.897. The van der Waals surface area contributed by atoms with E-state index in [4.69, 9.17) is 9.73 Å². The number of hydrogen-bond donors (Lipinski definition) is 1. The van der Waals surface area contributed by atoms with Gasteiger partial charge in [0.25, 0.3) is 0 Å². The van der Waals surface area contributed by atoms with Crippen LogP contribution >= 0.6 is 24.0 Å². The molecule has 1 N–H and O–H groups in total. The molecule has 6 nitrogen and oxygen atoms in total. The fourth-order valence-corrected chi connectivity index (χ4v) is 3.72. The second-order valence-electron chi connectivity index (χ2n) is 7.63. The van der Waals surface area contributed by atoms with Crippen molar-refractivity contribution in [1.29, 1.82) is 0 Å². The minimum absolute atomic E-state index is 0. The van der Waals surface area contributed by atoms with Crippen LogP contribution in [0.4, 0.5) is 4.39 Å². The molecule has 166 valence electrons. The van der Waals surface area contributed by atoms with Gasteiger partial charge in [-0.2, -0.15) is 5.10 Å². The molecule has 2 unspecified atom stereocenters. The number of aryl methyl sites for hydroxylation is 3. The van der Waals surface area contributed by atoms with E-state index in [0.717, 1.165) is 49.8 Å². The minimum Gasteiger partial charge on any atom is -0.367 e. The fourth-order valence-electron chi connectivity index (χ4n) is 3.72. The van der Waals surface area contributed by atoms with Crippen LogP contribution in [0.15, 0.2) is 35.3 Å². The predicted octanol–water partition coefficient (Wildman–Crippen LogP) is 4.07. The molecule has 1 aromatic heterocycles. The maximum Gasteiger partial charge on any atom is 0.194 e. The lowest BCUT2D eigenvalue weighted by atomic mass is 10.1. The summed E-state index contributed by atoms with van der Waals surface area (Å²) in [5.41, 5.74) is 3.22. The summed E-state index contributed by atoms with van der Waals surface area (Å²) in [7, 11) is 0. The quantitative estimate of drug-likeness (QED) is 0.265. The second-order valence-corrected chi connectivity index (χ2v) is 7.63. The van der Waals surface area contributed by atoms with Gasteiger partial charge in [-0.1, -0.05) is 12.1 Å². The number of benzene rings is 1. The van der Waals surface area contributed by atoms with Gasteiger partial charge in [-0.05, 0) is 57.9 Å². The molecule has 1 aliphatic rings. The molecule has 0 aliphatic carbocycles. The number of morpholine rings is 1. The molecule has 0 spiro atoms. The molecule has 0 saturated carbocycles. The van der Waals surface area contributed by atoms with Crippen LogP contribution in [0, 0.1) is 19.7 Å². The van der Waals surface area contributed by atoms with E-state index in [1.54, 1.807) is 12.1 Å². The first-order valence-electron chi connectivity index (χ1n) is 10.4. The highest BCUT2D eigenvalue weighted by Gasteiger charge is 2.28. The average Bonchev–Trinajstić information content (AvgIpc) is 3.01. The molecule has 0 bridgehead atoms. The van der Waals surface area contributed by atoms with Crippen molar-refractivity contribution in [1.82, 2.24) is 20.0 Å². The molecule has 8 heteroatoms. The van der Waals surface area contributed by atoms with Gasteiger partial charge in [-0.25, -0.2) is 4.39 Å². The number of hydrogen-bond acceptors (Lipinski definition) is 3. The third-order valence-electron chi connectivity index (χ3n) is 5.03. The lowest BCUT2D eigenvalue weighted by Gasteiger charge is -2.38. The molecule has 30 heavy (non-hydrogen) atoms. The minimum atomic E-state index is -0.230. The van der Waals surface area contributed by atoms with Crippen molar-refractivity contribution in [2.45, 2.75) is 52.9 Å². The Hall–Kier alpha value is -1.68. The zero-order valence-corrected chi connectivity index (χ0v) is 20.6. The van der Waals surface area contributed by atoms with Crippen molar-refractivity contribution >= 4 is 29.9 Å². The number of rotatable bonds is 6. The van der Waals surface area contributed by atoms with E-state index < -0.39 is 0 Å². The van der Waals surface area contributed by atoms with Gasteiger partial charge in [0.2, 0.25) is 0 Å². The van der Waals surface area contributed by atoms with E-state index in [2.05, 4.69) is 42.2 Å². The van der Waals surface area contributed by atoms with Gasteiger partial charge in [0, 0.05) is 31.9 Å². The maximum absolute atomic E-state index is 13.3. The Morgan fingerprint density at radius 2 is 2.00 bits per heavy atom. The van der Waals surface area contributed by atoms with Gasteiger partial charge >= 0.3 is 0 Å². The lowest BCUT2D eigenvalue weighted by Crippen LogP contribution is -2.50. The number of aromatic nitrogens is 2. The number of nitrogens with zero attached hydrogens (tertiary/aromatic N) is 4. The van der Waals surface area contributed by atoms with Crippen molar-refractivity contribution in [3.05, 3.63) is 53.1 Å². The molecule has 3 rings (SSSR count). The van der Waals surface area contributed by atoms with Gasteiger partial charge in [-0.3, -0.25) is 9.67 Å². The molecule has 2 aromatic rings. The largest absolute Gasteiger partial charge is 0.367 e. The Balaban J connectivity index is 0.00000320. The molecule has 2 heterocycles. The third-order valence-corrected chi connectivity index (χ3v) is 5.03. The van der Waals surface area contributed by atoms with Crippen LogP contribution in [-0.2, 0) is 11.3 Å². The van der Waals surface area contributed by atoms with Crippen LogP contribution in [0.25, 0.3) is 0 Å². The van der Waals surface area contributed by atoms with Crippen LogP contribution < -0.4 is 5.32 Å². The van der Waals surface area contributed by atoms with Gasteiger partial charge in [0.05, 0.1) is 18.3 Å². The predicted molar refractivity (Wildman–Crippen MR) is 129 cm³/mol. The molecule has 0 radical (unpaired) electrons. The first kappa shape index (κ1) is 24.6. The molecular weight excluding hydrogens is 496 g/mol. The number of halogens is 2. The van der Waals surface area contributed by atoms with Crippen molar-refractivity contribution in [2.75, 3.05) is 26.2 Å². The van der Waals surface area contributed by atoms with E-state index in [1.807, 2.05) is 11.6 Å². The fraction of sp³-hybridized carbons (Fsp3) is 0.545. The van der Waals surface area contributed by atoms with Crippen LogP contribution in [-0.4, -0.2) is 52.9 Å². The Morgan fingerprint density at radius 1 is 1.27 bits per heavy atom. The molecule has 2 atom stereocenters. The van der Waals surface area contributed by atoms with Crippen LogP contribution in [0.2, 0.25) is 0 Å². The first-order valence-corrected chi connectivity index (χ1v) is 10.4. The van der Waals surface area contributed by atoms with Crippen molar-refractivity contribution in [3.8, 4) is 0 Å². The Bertz CT molecular complexity index is 823. The van der Waals surface area contributed by atoms with Gasteiger partial charge in [0.15, 0.2) is 5.96 Å². The monoisotopic (exact) mass is 529 g/mol. The van der Waals surface area contributed by atoms with Gasteiger partial charge in [-0.15, -0.1) is 24.0 Å². The molecular formula is C22H33FIN5O. The summed E-state index contributed by atoms with van der Waals surface area (Å²) < 4.78 is 21.4. The lowest BCUT2D eigenvalue weighted by molar-refractivity contribution is -0.0605. The SMILES string of the molecule is CCNC(=NCCCn1nc(C)cc1C)N1CC(C)OC(c2ccc(F)cc2)C1.I. The second kappa shape index (κ2) is 11.6. The summed E-state index contributed by atoms with van der Waals surface area (Å²) >= 11 is 0. The Morgan fingerprint density at radius 3 is 2.63 bits per heavy atom. The zero-order valence-electron chi connectivity index (χ0n) is 18.3. The highest BCUT2D eigenvalue weighted by molar-refractivity contribution is 14.0. The first-order chi connectivity index (χ1) is 14.0. The summed E-state index contributed by atoms with van der Waals surface area (Å²) in [5, 5.41) is 7.92. The van der Waals surface area contributed by atoms with E-state index in [0.29, 0.717) is 6.54 Å². The van der Waals surface area contributed by atoms with Gasteiger partial charge < -0.3 is 15.0 Å². The van der Waals surface area contributed by atoms with Crippen LogP contribution in [0.5, 0.6) is 0 Å². The topological polar surface area (TPSA) is 54.7 Å². The van der Waals surface area contributed by atoms with Crippen LogP contribution in [0.1, 0.15) is 43.3 Å². The molecule has 1 aliphatic heterocycles. The summed E-state index contributed by atoms with van der Waals surface area (Å²) in [6.45, 7) is 12.1. The number of nitrogens with one attached hydrogen (secondary N) is 1. The van der Waals surface area contributed by atoms with Crippen molar-refractivity contribution in [3.63, 3.8) is 0 Å². The Kier molecular flexibility index (Phi) is 9.54. The highest BCUT2D eigenvalue weighted by Crippen LogP contribution is 2.25.